The molecule has 0 aliphatic carbocycles. The standard InChI is InChI=1S/C17H16ClN3O5/c1-19-15(22)14(21-25-2)12-6-4-3-5-10(12)9-26-16-13(18)7-11(8-20-16)17(23)24/h3-8H,9H2,1-2H3,(H,19,22)(H,23,24). The summed E-state index contributed by atoms with van der Waals surface area (Å²) in [6.07, 6.45) is 1.15. The molecular weight excluding hydrogens is 362 g/mol. The second-order valence-electron chi connectivity index (χ2n) is 4.96. The molecule has 8 nitrogen and oxygen atoms in total. The zero-order chi connectivity index (χ0) is 19.1. The van der Waals surface area contributed by atoms with E-state index in [1.807, 2.05) is 0 Å². The summed E-state index contributed by atoms with van der Waals surface area (Å²) in [5.74, 6) is -1.47. The maximum Gasteiger partial charge on any atom is 0.337 e. The average molecular weight is 378 g/mol. The highest BCUT2D eigenvalue weighted by Gasteiger charge is 2.18. The lowest BCUT2D eigenvalue weighted by Gasteiger charge is -2.12. The van der Waals surface area contributed by atoms with Gasteiger partial charge in [0.1, 0.15) is 18.7 Å². The van der Waals surface area contributed by atoms with Crippen LogP contribution in [0.5, 0.6) is 5.88 Å². The van der Waals surface area contributed by atoms with E-state index in [0.717, 1.165) is 6.20 Å². The van der Waals surface area contributed by atoms with Crippen LogP contribution in [-0.2, 0) is 16.2 Å². The molecule has 0 radical (unpaired) electrons. The number of nitrogens with zero attached hydrogens (tertiary/aromatic N) is 2. The molecule has 1 aromatic heterocycles. The molecule has 0 spiro atoms. The predicted molar refractivity (Wildman–Crippen MR) is 94.6 cm³/mol. The monoisotopic (exact) mass is 377 g/mol. The van der Waals surface area contributed by atoms with Gasteiger partial charge in [0.05, 0.1) is 5.56 Å². The number of carboxylic acids is 1. The first-order chi connectivity index (χ1) is 12.5. The smallest absolute Gasteiger partial charge is 0.337 e. The minimum Gasteiger partial charge on any atom is -0.478 e. The molecule has 0 saturated heterocycles. The van der Waals surface area contributed by atoms with Crippen LogP contribution < -0.4 is 10.1 Å². The fourth-order valence-corrected chi connectivity index (χ4v) is 2.32. The Morgan fingerprint density at radius 2 is 2.08 bits per heavy atom. The van der Waals surface area contributed by atoms with Crippen LogP contribution in [0.25, 0.3) is 0 Å². The van der Waals surface area contributed by atoms with Gasteiger partial charge in [0.2, 0.25) is 5.88 Å². The van der Waals surface area contributed by atoms with Gasteiger partial charge in [0.25, 0.3) is 5.91 Å². The summed E-state index contributed by atoms with van der Waals surface area (Å²) in [7, 11) is 2.83. The number of oxime groups is 1. The molecule has 9 heteroatoms. The highest BCUT2D eigenvalue weighted by Crippen LogP contribution is 2.24. The van der Waals surface area contributed by atoms with Crippen molar-refractivity contribution in [1.82, 2.24) is 10.3 Å². The van der Waals surface area contributed by atoms with Crippen molar-refractivity contribution < 1.29 is 24.3 Å². The van der Waals surface area contributed by atoms with Crippen molar-refractivity contribution in [2.75, 3.05) is 14.2 Å². The minimum absolute atomic E-state index is 0.0367. The van der Waals surface area contributed by atoms with E-state index in [1.165, 1.54) is 20.2 Å². The largest absolute Gasteiger partial charge is 0.478 e. The zero-order valence-electron chi connectivity index (χ0n) is 14.0. The number of aromatic nitrogens is 1. The number of rotatable bonds is 7. The number of nitrogens with one attached hydrogen (secondary N) is 1. The number of aromatic carboxylic acids is 1. The van der Waals surface area contributed by atoms with Gasteiger partial charge in [-0.25, -0.2) is 9.78 Å². The molecule has 0 atom stereocenters. The molecular formula is C17H16ClN3O5. The van der Waals surface area contributed by atoms with Crippen molar-refractivity contribution >= 4 is 29.2 Å². The maximum atomic E-state index is 12.0. The molecule has 0 aliphatic heterocycles. The Bertz CT molecular complexity index is 854. The Labute approximate surface area is 154 Å². The normalized spacial score (nSPS) is 11.0. The van der Waals surface area contributed by atoms with E-state index in [-0.39, 0.29) is 28.8 Å². The number of hydrogen-bond donors (Lipinski definition) is 2. The van der Waals surface area contributed by atoms with E-state index >= 15 is 0 Å². The fourth-order valence-electron chi connectivity index (χ4n) is 2.09. The third-order valence-corrected chi connectivity index (χ3v) is 3.59. The maximum absolute atomic E-state index is 12.0. The number of ether oxygens (including phenoxy) is 1. The Balaban J connectivity index is 2.27. The van der Waals surface area contributed by atoms with Crippen molar-refractivity contribution in [1.29, 1.82) is 0 Å². The summed E-state index contributed by atoms with van der Waals surface area (Å²) in [5, 5.41) is 15.3. The first-order valence-electron chi connectivity index (χ1n) is 7.41. The second kappa shape index (κ2) is 8.82. The van der Waals surface area contributed by atoms with Crippen molar-refractivity contribution in [2.45, 2.75) is 6.61 Å². The molecule has 0 saturated carbocycles. The number of benzene rings is 1. The number of hydrogen-bond acceptors (Lipinski definition) is 6. The zero-order valence-corrected chi connectivity index (χ0v) is 14.8. The lowest BCUT2D eigenvalue weighted by molar-refractivity contribution is -0.114. The second-order valence-corrected chi connectivity index (χ2v) is 5.37. The minimum atomic E-state index is -1.14. The van der Waals surface area contributed by atoms with Crippen LogP contribution in [0.2, 0.25) is 5.02 Å². The molecule has 2 N–H and O–H groups in total. The summed E-state index contributed by atoms with van der Waals surface area (Å²) in [6, 6.07) is 8.23. The molecule has 0 bridgehead atoms. The van der Waals surface area contributed by atoms with Gasteiger partial charge in [-0.3, -0.25) is 4.79 Å². The van der Waals surface area contributed by atoms with Crippen molar-refractivity contribution in [2.24, 2.45) is 5.16 Å². The molecule has 1 amide bonds. The lowest BCUT2D eigenvalue weighted by Crippen LogP contribution is -2.29. The SMILES string of the molecule is CNC(=O)C(=NOC)c1ccccc1COc1ncc(C(=O)O)cc1Cl. The summed E-state index contributed by atoms with van der Waals surface area (Å²) < 4.78 is 5.58. The van der Waals surface area contributed by atoms with Crippen LogP contribution >= 0.6 is 11.6 Å². The predicted octanol–water partition coefficient (Wildman–Crippen LogP) is 2.11. The van der Waals surface area contributed by atoms with E-state index in [2.05, 4.69) is 15.5 Å². The van der Waals surface area contributed by atoms with Gasteiger partial charge in [-0.05, 0) is 11.6 Å². The molecule has 1 heterocycles. The van der Waals surface area contributed by atoms with Gasteiger partial charge in [-0.1, -0.05) is 41.0 Å². The van der Waals surface area contributed by atoms with Crippen LogP contribution in [0.3, 0.4) is 0 Å². The summed E-state index contributed by atoms with van der Waals surface area (Å²) in [6.45, 7) is 0.0367. The van der Waals surface area contributed by atoms with Gasteiger partial charge in [-0.15, -0.1) is 0 Å². The summed E-state index contributed by atoms with van der Waals surface area (Å²) in [4.78, 5) is 31.6. The summed E-state index contributed by atoms with van der Waals surface area (Å²) in [5.41, 5.74) is 1.21. The molecule has 0 aliphatic rings. The van der Waals surface area contributed by atoms with Crippen LogP contribution in [0, 0.1) is 0 Å². The molecule has 136 valence electrons. The Kier molecular flexibility index (Phi) is 6.51. The number of carbonyl (C=O) groups excluding carboxylic acids is 1. The van der Waals surface area contributed by atoms with E-state index in [0.29, 0.717) is 11.1 Å². The van der Waals surface area contributed by atoms with Gasteiger partial charge in [-0.2, -0.15) is 0 Å². The topological polar surface area (TPSA) is 110 Å². The number of likely N-dealkylation sites (N-methyl/N-ethyl adjacent to an activating group) is 1. The Morgan fingerprint density at radius 3 is 2.69 bits per heavy atom. The fraction of sp³-hybridized carbons (Fsp3) is 0.176. The van der Waals surface area contributed by atoms with Crippen LogP contribution in [0.15, 0.2) is 41.7 Å². The van der Waals surface area contributed by atoms with Gasteiger partial charge >= 0.3 is 5.97 Å². The third-order valence-electron chi connectivity index (χ3n) is 3.32. The number of carboxylic acid groups (broad SMARTS) is 1. The molecule has 2 aromatic rings. The average Bonchev–Trinajstić information content (AvgIpc) is 2.64. The number of pyridine rings is 1. The van der Waals surface area contributed by atoms with E-state index in [9.17, 15) is 9.59 Å². The van der Waals surface area contributed by atoms with Crippen LogP contribution in [0.1, 0.15) is 21.5 Å². The van der Waals surface area contributed by atoms with Crippen molar-refractivity contribution in [3.63, 3.8) is 0 Å². The third kappa shape index (κ3) is 4.48. The van der Waals surface area contributed by atoms with Crippen LogP contribution in [-0.4, -0.2) is 41.8 Å². The highest BCUT2D eigenvalue weighted by atomic mass is 35.5. The van der Waals surface area contributed by atoms with Gasteiger partial charge in [0, 0.05) is 18.8 Å². The van der Waals surface area contributed by atoms with E-state index < -0.39 is 11.9 Å². The molecule has 26 heavy (non-hydrogen) atoms. The Hall–Kier alpha value is -3.13. The van der Waals surface area contributed by atoms with Crippen molar-refractivity contribution in [3.05, 3.63) is 58.2 Å². The number of amides is 1. The van der Waals surface area contributed by atoms with Gasteiger partial charge in [0.15, 0.2) is 5.71 Å². The summed E-state index contributed by atoms with van der Waals surface area (Å²) >= 11 is 6.01. The molecule has 0 fully saturated rings. The van der Waals surface area contributed by atoms with E-state index in [1.54, 1.807) is 24.3 Å². The quantitative estimate of drug-likeness (QED) is 0.564. The van der Waals surface area contributed by atoms with Gasteiger partial charge < -0.3 is 20.0 Å². The molecule has 0 unspecified atom stereocenters. The first-order valence-corrected chi connectivity index (χ1v) is 7.78. The first kappa shape index (κ1) is 19.2. The number of carbonyl (C=O) groups is 2. The van der Waals surface area contributed by atoms with Crippen molar-refractivity contribution in [3.8, 4) is 5.88 Å². The highest BCUT2D eigenvalue weighted by molar-refractivity contribution is 6.45. The number of halogens is 1. The molecule has 2 rings (SSSR count). The van der Waals surface area contributed by atoms with E-state index in [4.69, 9.17) is 26.3 Å². The lowest BCUT2D eigenvalue weighted by atomic mass is 10.0. The molecule has 1 aromatic carbocycles. The van der Waals surface area contributed by atoms with Crippen LogP contribution in [0.4, 0.5) is 0 Å². The Morgan fingerprint density at radius 1 is 1.35 bits per heavy atom.